The maximum atomic E-state index is 18.1. The van der Waals surface area contributed by atoms with Crippen LogP contribution in [0.1, 0.15) is 44.5 Å². The van der Waals surface area contributed by atoms with Gasteiger partial charge in [-0.25, -0.2) is 8.78 Å². The lowest BCUT2D eigenvalue weighted by Crippen LogP contribution is -2.16. The van der Waals surface area contributed by atoms with Crippen molar-refractivity contribution in [3.8, 4) is 44.5 Å². The molecular weight excluding hydrogens is 931 g/mol. The normalized spacial score (nSPS) is 11.6. The van der Waals surface area contributed by atoms with Crippen molar-refractivity contribution in [1.82, 2.24) is 0 Å². The molecule has 0 amide bonds. The predicted molar refractivity (Wildman–Crippen MR) is 319 cm³/mol. The van der Waals surface area contributed by atoms with Gasteiger partial charge < -0.3 is 9.80 Å². The van der Waals surface area contributed by atoms with Gasteiger partial charge in [0.05, 0.1) is 22.7 Å². The first-order valence-corrected chi connectivity index (χ1v) is 26.2. The number of rotatable bonds is 10. The number of hydrogen-bond donors (Lipinski definition) is 0. The largest absolute Gasteiger partial charge is 0.306 e. The van der Waals surface area contributed by atoms with Gasteiger partial charge in [-0.3, -0.25) is 0 Å². The van der Waals surface area contributed by atoms with Gasteiger partial charge >= 0.3 is 0 Å². The summed E-state index contributed by atoms with van der Waals surface area (Å²) in [6.07, 6.45) is 0. The number of nitrogens with zero attached hydrogens (tertiary/aromatic N) is 2. The van der Waals surface area contributed by atoms with Gasteiger partial charge in [-0.1, -0.05) is 180 Å². The van der Waals surface area contributed by atoms with Crippen LogP contribution >= 0.6 is 0 Å². The SMILES string of the molecule is Cc1ccc(-c2cc(F)c(N(c3cc(C)ccc3C)c3ccc4ccc5c(N(c6cc(C)ccc6C)c6c(F)cc(-c7ccc(C)cc7)cc6-c6ccc(C)cc6)ccc6ccc3c4c65)c(-c3ccc(C)cc3)c2)cc1. The molecule has 4 heteroatoms. The van der Waals surface area contributed by atoms with Crippen LogP contribution < -0.4 is 9.80 Å². The van der Waals surface area contributed by atoms with E-state index in [4.69, 9.17) is 0 Å². The first-order chi connectivity index (χ1) is 36.8. The molecule has 0 fully saturated rings. The molecule has 0 aromatic heterocycles. The quantitative estimate of drug-likeness (QED) is 0.126. The molecule has 0 aliphatic heterocycles. The average molecular weight is 989 g/mol. The Kier molecular flexibility index (Phi) is 12.1. The van der Waals surface area contributed by atoms with E-state index in [1.165, 1.54) is 0 Å². The van der Waals surface area contributed by atoms with Crippen molar-refractivity contribution in [2.75, 3.05) is 9.80 Å². The molecule has 0 bridgehead atoms. The van der Waals surface area contributed by atoms with E-state index < -0.39 is 0 Å². The van der Waals surface area contributed by atoms with Crippen LogP contribution in [0.15, 0.2) is 206 Å². The zero-order valence-electron chi connectivity index (χ0n) is 44.3. The van der Waals surface area contributed by atoms with Crippen molar-refractivity contribution in [3.63, 3.8) is 0 Å². The highest BCUT2D eigenvalue weighted by molar-refractivity contribution is 6.28. The topological polar surface area (TPSA) is 6.48 Å². The second kappa shape index (κ2) is 19.1. The molecule has 0 unspecified atom stereocenters. The summed E-state index contributed by atoms with van der Waals surface area (Å²) in [5, 5.41) is 6.14. The lowest BCUT2D eigenvalue weighted by Gasteiger charge is -2.33. The molecule has 0 N–H and O–H groups in total. The van der Waals surface area contributed by atoms with Gasteiger partial charge in [0.15, 0.2) is 0 Å². The molecule has 76 heavy (non-hydrogen) atoms. The lowest BCUT2D eigenvalue weighted by molar-refractivity contribution is 0.629. The van der Waals surface area contributed by atoms with E-state index in [1.807, 2.05) is 0 Å². The second-order valence-electron chi connectivity index (χ2n) is 21.0. The lowest BCUT2D eigenvalue weighted by atomic mass is 9.90. The minimum absolute atomic E-state index is 0.327. The fourth-order valence-electron chi connectivity index (χ4n) is 11.2. The van der Waals surface area contributed by atoms with Crippen molar-refractivity contribution in [2.45, 2.75) is 55.4 Å². The molecule has 0 aliphatic rings. The van der Waals surface area contributed by atoms with Crippen molar-refractivity contribution in [1.29, 1.82) is 0 Å². The Morgan fingerprint density at radius 1 is 0.263 bits per heavy atom. The molecule has 0 atom stereocenters. The molecule has 370 valence electrons. The Morgan fingerprint density at radius 2 is 0.579 bits per heavy atom. The van der Waals surface area contributed by atoms with E-state index >= 15 is 8.78 Å². The molecule has 0 radical (unpaired) electrons. The van der Waals surface area contributed by atoms with Crippen LogP contribution in [0, 0.1) is 67.0 Å². The molecule has 12 aromatic carbocycles. The molecule has 12 rings (SSSR count). The van der Waals surface area contributed by atoms with Gasteiger partial charge in [-0.15, -0.1) is 0 Å². The fourth-order valence-corrected chi connectivity index (χ4v) is 11.2. The van der Waals surface area contributed by atoms with Gasteiger partial charge in [0.2, 0.25) is 0 Å². The zero-order valence-corrected chi connectivity index (χ0v) is 44.3. The number of anilines is 6. The fraction of sp³-hybridized carbons (Fsp3) is 0.111. The Hall–Kier alpha value is -8.86. The smallest absolute Gasteiger partial charge is 0.148 e. The molecule has 0 saturated heterocycles. The summed E-state index contributed by atoms with van der Waals surface area (Å²) in [6, 6.07) is 71.3. The summed E-state index contributed by atoms with van der Waals surface area (Å²) < 4.78 is 36.2. The van der Waals surface area contributed by atoms with E-state index in [2.05, 4.69) is 259 Å². The van der Waals surface area contributed by atoms with Gasteiger partial charge in [0, 0.05) is 33.3 Å². The van der Waals surface area contributed by atoms with Gasteiger partial charge in [0.25, 0.3) is 0 Å². The van der Waals surface area contributed by atoms with Crippen molar-refractivity contribution < 1.29 is 8.78 Å². The van der Waals surface area contributed by atoms with Gasteiger partial charge in [-0.2, -0.15) is 0 Å². The van der Waals surface area contributed by atoms with Gasteiger partial charge in [0.1, 0.15) is 11.6 Å². The highest BCUT2D eigenvalue weighted by atomic mass is 19.1. The first kappa shape index (κ1) is 48.1. The molecular formula is C72H58F2N2. The third-order valence-corrected chi connectivity index (χ3v) is 15.4. The van der Waals surface area contributed by atoms with Crippen LogP contribution in [0.5, 0.6) is 0 Å². The van der Waals surface area contributed by atoms with E-state index in [0.29, 0.717) is 11.4 Å². The highest BCUT2D eigenvalue weighted by Crippen LogP contribution is 2.53. The minimum atomic E-state index is -0.327. The molecule has 0 spiro atoms. The summed E-state index contributed by atoms with van der Waals surface area (Å²) in [5.41, 5.74) is 20.0. The molecule has 0 heterocycles. The number of halogens is 2. The Balaban J connectivity index is 1.14. The number of hydrogen-bond acceptors (Lipinski definition) is 2. The molecule has 0 aliphatic carbocycles. The van der Waals surface area contributed by atoms with E-state index in [1.54, 1.807) is 12.1 Å². The second-order valence-corrected chi connectivity index (χ2v) is 21.0. The number of aryl methyl sites for hydroxylation is 8. The first-order valence-electron chi connectivity index (χ1n) is 26.2. The van der Waals surface area contributed by atoms with Crippen molar-refractivity contribution in [3.05, 3.63) is 262 Å². The van der Waals surface area contributed by atoms with Crippen molar-refractivity contribution >= 4 is 66.4 Å². The molecule has 2 nitrogen and oxygen atoms in total. The monoisotopic (exact) mass is 988 g/mol. The summed E-state index contributed by atoms with van der Waals surface area (Å²) in [5.74, 6) is -0.655. The van der Waals surface area contributed by atoms with Crippen molar-refractivity contribution in [2.24, 2.45) is 0 Å². The third-order valence-electron chi connectivity index (χ3n) is 15.4. The average Bonchev–Trinajstić information content (AvgIpc) is 3.57. The molecule has 0 saturated carbocycles. The van der Waals surface area contributed by atoms with E-state index in [-0.39, 0.29) is 11.6 Å². The van der Waals surface area contributed by atoms with E-state index in [9.17, 15) is 0 Å². The van der Waals surface area contributed by atoms with Crippen LogP contribution in [-0.4, -0.2) is 0 Å². The van der Waals surface area contributed by atoms with Crippen LogP contribution in [-0.2, 0) is 0 Å². The molecule has 12 aromatic rings. The zero-order chi connectivity index (χ0) is 52.5. The summed E-state index contributed by atoms with van der Waals surface area (Å²) in [4.78, 5) is 4.31. The van der Waals surface area contributed by atoms with Crippen LogP contribution in [0.25, 0.3) is 76.8 Å². The Labute approximate surface area is 445 Å². The minimum Gasteiger partial charge on any atom is -0.306 e. The predicted octanol–water partition coefficient (Wildman–Crippen LogP) is 20.9. The van der Waals surface area contributed by atoms with E-state index in [0.717, 1.165) is 144 Å². The summed E-state index contributed by atoms with van der Waals surface area (Å²) >= 11 is 0. The summed E-state index contributed by atoms with van der Waals surface area (Å²) in [7, 11) is 0. The maximum Gasteiger partial charge on any atom is 0.148 e. The highest BCUT2D eigenvalue weighted by Gasteiger charge is 2.29. The van der Waals surface area contributed by atoms with Gasteiger partial charge in [-0.05, 0) is 181 Å². The standard InChI is InChI=1S/C72H58F2N2/c1-43-11-21-51(22-12-43)57-39-61(53-25-15-45(3)16-26-53)71(63(73)41-57)75(67-37-47(5)9-19-49(67)7)65-35-31-55-30-34-60-66(36-32-56-29-33-59(65)69(55)70(56)60)76(68-38-48(6)10-20-50(68)8)72-62(54-27-17-46(4)18-28-54)40-58(42-64(72)74)52-23-13-44(2)14-24-52/h9-42H,1-8H3. The van der Waals surface area contributed by atoms with Crippen LogP contribution in [0.2, 0.25) is 0 Å². The Bertz CT molecular complexity index is 3920. The van der Waals surface area contributed by atoms with Crippen LogP contribution in [0.4, 0.5) is 42.9 Å². The number of benzene rings is 12. The Morgan fingerprint density at radius 3 is 0.934 bits per heavy atom. The summed E-state index contributed by atoms with van der Waals surface area (Å²) in [6.45, 7) is 16.7. The maximum absolute atomic E-state index is 18.1. The third kappa shape index (κ3) is 8.54. The van der Waals surface area contributed by atoms with Crippen LogP contribution in [0.3, 0.4) is 0 Å².